The van der Waals surface area contributed by atoms with Crippen LogP contribution < -0.4 is 10.6 Å². The summed E-state index contributed by atoms with van der Waals surface area (Å²) in [5, 5.41) is 5.46. The summed E-state index contributed by atoms with van der Waals surface area (Å²) < 4.78 is 0. The Bertz CT molecular complexity index is 671. The topological polar surface area (TPSA) is 61.4 Å². The second-order valence-electron chi connectivity index (χ2n) is 5.31. The third-order valence-electron chi connectivity index (χ3n) is 3.39. The number of nitrogens with zero attached hydrogens (tertiary/aromatic N) is 1. The lowest BCUT2D eigenvalue weighted by molar-refractivity contribution is -0.122. The van der Waals surface area contributed by atoms with E-state index in [1.54, 1.807) is 19.0 Å². The fourth-order valence-corrected chi connectivity index (χ4v) is 2.28. The van der Waals surface area contributed by atoms with E-state index in [2.05, 4.69) is 10.6 Å². The van der Waals surface area contributed by atoms with Gasteiger partial charge in [0.25, 0.3) is 0 Å². The van der Waals surface area contributed by atoms with Gasteiger partial charge in [0.2, 0.25) is 11.8 Å². The minimum Gasteiger partial charge on any atom is -0.358 e. The molecule has 0 saturated heterocycles. The largest absolute Gasteiger partial charge is 0.358 e. The normalized spacial score (nSPS) is 10.4. The molecule has 0 saturated carbocycles. The Morgan fingerprint density at radius 1 is 0.913 bits per heavy atom. The van der Waals surface area contributed by atoms with Crippen molar-refractivity contribution < 1.29 is 9.59 Å². The molecule has 120 valence electrons. The van der Waals surface area contributed by atoms with Crippen molar-refractivity contribution in [3.05, 3.63) is 54.6 Å². The number of rotatable bonds is 6. The number of likely N-dealkylation sites (N-methyl/N-ethyl adjacent to an activating group) is 2. The van der Waals surface area contributed by atoms with Gasteiger partial charge in [0, 0.05) is 18.3 Å². The summed E-state index contributed by atoms with van der Waals surface area (Å²) >= 11 is 0. The molecule has 2 aromatic carbocycles. The molecule has 23 heavy (non-hydrogen) atoms. The Morgan fingerprint density at radius 2 is 1.52 bits per heavy atom. The molecular formula is C18H21N3O2. The van der Waals surface area contributed by atoms with E-state index in [0.717, 1.165) is 16.8 Å². The molecule has 0 heterocycles. The van der Waals surface area contributed by atoms with E-state index in [-0.39, 0.29) is 24.9 Å². The fourth-order valence-electron chi connectivity index (χ4n) is 2.28. The van der Waals surface area contributed by atoms with Crippen molar-refractivity contribution in [2.24, 2.45) is 0 Å². The SMILES string of the molecule is CNC(=O)CN(C)CC(=O)Nc1ccccc1-c1ccccc1. The Balaban J connectivity index is 2.06. The van der Waals surface area contributed by atoms with Crippen LogP contribution in [0.2, 0.25) is 0 Å². The van der Waals surface area contributed by atoms with Gasteiger partial charge in [0.1, 0.15) is 0 Å². The number of nitrogens with one attached hydrogen (secondary N) is 2. The minimum atomic E-state index is -0.153. The molecule has 0 aliphatic heterocycles. The first-order chi connectivity index (χ1) is 11.1. The molecule has 0 spiro atoms. The first-order valence-corrected chi connectivity index (χ1v) is 7.43. The highest BCUT2D eigenvalue weighted by Crippen LogP contribution is 2.27. The van der Waals surface area contributed by atoms with Gasteiger partial charge in [-0.15, -0.1) is 0 Å². The van der Waals surface area contributed by atoms with Gasteiger partial charge in [0.15, 0.2) is 0 Å². The molecule has 0 atom stereocenters. The molecule has 2 aromatic rings. The summed E-state index contributed by atoms with van der Waals surface area (Å²) in [6.45, 7) is 0.334. The molecule has 0 bridgehead atoms. The monoisotopic (exact) mass is 311 g/mol. The van der Waals surface area contributed by atoms with Gasteiger partial charge in [0.05, 0.1) is 13.1 Å². The van der Waals surface area contributed by atoms with Crippen LogP contribution in [0.3, 0.4) is 0 Å². The molecule has 5 nitrogen and oxygen atoms in total. The molecule has 0 radical (unpaired) electrons. The van der Waals surface area contributed by atoms with E-state index in [1.807, 2.05) is 54.6 Å². The van der Waals surface area contributed by atoms with Crippen molar-refractivity contribution in [1.82, 2.24) is 10.2 Å². The summed E-state index contributed by atoms with van der Waals surface area (Å²) in [5.74, 6) is -0.273. The zero-order chi connectivity index (χ0) is 16.7. The van der Waals surface area contributed by atoms with Crippen molar-refractivity contribution in [2.45, 2.75) is 0 Å². The van der Waals surface area contributed by atoms with Gasteiger partial charge in [-0.05, 0) is 18.7 Å². The number of hydrogen-bond acceptors (Lipinski definition) is 3. The number of anilines is 1. The smallest absolute Gasteiger partial charge is 0.238 e. The minimum absolute atomic E-state index is 0.120. The average Bonchev–Trinajstić information content (AvgIpc) is 2.55. The molecule has 5 heteroatoms. The van der Waals surface area contributed by atoms with Crippen molar-refractivity contribution in [1.29, 1.82) is 0 Å². The molecule has 0 unspecified atom stereocenters. The first kappa shape index (κ1) is 16.7. The Hall–Kier alpha value is -2.66. The second kappa shape index (κ2) is 8.10. The molecule has 2 N–H and O–H groups in total. The van der Waals surface area contributed by atoms with Crippen LogP contribution in [0.4, 0.5) is 5.69 Å². The maximum Gasteiger partial charge on any atom is 0.238 e. The molecule has 0 fully saturated rings. The van der Waals surface area contributed by atoms with Crippen LogP contribution in [-0.2, 0) is 9.59 Å². The molecule has 2 amide bonds. The molecule has 0 aliphatic rings. The van der Waals surface area contributed by atoms with E-state index < -0.39 is 0 Å². The predicted molar refractivity (Wildman–Crippen MR) is 92.1 cm³/mol. The van der Waals surface area contributed by atoms with Gasteiger partial charge in [-0.1, -0.05) is 48.5 Å². The average molecular weight is 311 g/mol. The first-order valence-electron chi connectivity index (χ1n) is 7.43. The van der Waals surface area contributed by atoms with Crippen LogP contribution in [0.25, 0.3) is 11.1 Å². The predicted octanol–water partition coefficient (Wildman–Crippen LogP) is 1.97. The Labute approximate surface area is 136 Å². The molecule has 0 aromatic heterocycles. The fraction of sp³-hybridized carbons (Fsp3) is 0.222. The third-order valence-corrected chi connectivity index (χ3v) is 3.39. The summed E-state index contributed by atoms with van der Waals surface area (Å²) in [6.07, 6.45) is 0. The van der Waals surface area contributed by atoms with Gasteiger partial charge < -0.3 is 10.6 Å². The Kier molecular flexibility index (Phi) is 5.88. The lowest BCUT2D eigenvalue weighted by atomic mass is 10.0. The highest BCUT2D eigenvalue weighted by molar-refractivity contribution is 5.96. The zero-order valence-electron chi connectivity index (χ0n) is 13.4. The highest BCUT2D eigenvalue weighted by atomic mass is 16.2. The van der Waals surface area contributed by atoms with E-state index in [9.17, 15) is 9.59 Å². The number of para-hydroxylation sites is 1. The van der Waals surface area contributed by atoms with Crippen molar-refractivity contribution in [3.63, 3.8) is 0 Å². The lowest BCUT2D eigenvalue weighted by Gasteiger charge is -2.16. The second-order valence-corrected chi connectivity index (χ2v) is 5.31. The van der Waals surface area contributed by atoms with Crippen LogP contribution in [-0.4, -0.2) is 43.9 Å². The van der Waals surface area contributed by atoms with Crippen LogP contribution in [0.15, 0.2) is 54.6 Å². The lowest BCUT2D eigenvalue weighted by Crippen LogP contribution is -2.37. The maximum absolute atomic E-state index is 12.2. The van der Waals surface area contributed by atoms with Crippen LogP contribution in [0.5, 0.6) is 0 Å². The maximum atomic E-state index is 12.2. The van der Waals surface area contributed by atoms with Crippen molar-refractivity contribution in [2.75, 3.05) is 32.5 Å². The highest BCUT2D eigenvalue weighted by Gasteiger charge is 2.12. The number of carbonyl (C=O) groups excluding carboxylic acids is 2. The number of carbonyl (C=O) groups is 2. The van der Waals surface area contributed by atoms with E-state index in [1.165, 1.54) is 0 Å². The summed E-state index contributed by atoms with van der Waals surface area (Å²) in [7, 11) is 3.31. The third kappa shape index (κ3) is 4.93. The van der Waals surface area contributed by atoms with Crippen molar-refractivity contribution in [3.8, 4) is 11.1 Å². The van der Waals surface area contributed by atoms with Crippen LogP contribution in [0.1, 0.15) is 0 Å². The number of amides is 2. The molecular weight excluding hydrogens is 290 g/mol. The van der Waals surface area contributed by atoms with Gasteiger partial charge in [-0.3, -0.25) is 14.5 Å². The van der Waals surface area contributed by atoms with Crippen LogP contribution >= 0.6 is 0 Å². The van der Waals surface area contributed by atoms with Crippen molar-refractivity contribution >= 4 is 17.5 Å². The Morgan fingerprint density at radius 3 is 2.22 bits per heavy atom. The summed E-state index contributed by atoms with van der Waals surface area (Å²) in [5.41, 5.74) is 2.77. The van der Waals surface area contributed by atoms with Gasteiger partial charge in [-0.2, -0.15) is 0 Å². The van der Waals surface area contributed by atoms with Crippen LogP contribution in [0, 0.1) is 0 Å². The summed E-state index contributed by atoms with van der Waals surface area (Å²) in [4.78, 5) is 25.2. The summed E-state index contributed by atoms with van der Waals surface area (Å²) in [6, 6.07) is 17.6. The van der Waals surface area contributed by atoms with Gasteiger partial charge >= 0.3 is 0 Å². The van der Waals surface area contributed by atoms with E-state index in [4.69, 9.17) is 0 Å². The zero-order valence-corrected chi connectivity index (χ0v) is 13.4. The van der Waals surface area contributed by atoms with E-state index >= 15 is 0 Å². The molecule has 2 rings (SSSR count). The number of benzene rings is 2. The quantitative estimate of drug-likeness (QED) is 0.857. The van der Waals surface area contributed by atoms with E-state index in [0.29, 0.717) is 0 Å². The number of hydrogen-bond donors (Lipinski definition) is 2. The molecule has 0 aliphatic carbocycles. The van der Waals surface area contributed by atoms with Gasteiger partial charge in [-0.25, -0.2) is 0 Å². The standard InChI is InChI=1S/C18H21N3O2/c1-19-17(22)12-21(2)13-18(23)20-16-11-7-6-10-15(16)14-8-4-3-5-9-14/h3-11H,12-13H2,1-2H3,(H,19,22)(H,20,23).